The largest absolute Gasteiger partial charge is 0.491 e. The molecule has 0 saturated carbocycles. The van der Waals surface area contributed by atoms with Gasteiger partial charge in [-0.1, -0.05) is 84.9 Å². The van der Waals surface area contributed by atoms with Gasteiger partial charge in [-0.15, -0.1) is 0 Å². The quantitative estimate of drug-likeness (QED) is 0.180. The molecule has 5 aromatic carbocycles. The Labute approximate surface area is 269 Å². The zero-order valence-corrected chi connectivity index (χ0v) is 25.8. The van der Waals surface area contributed by atoms with Gasteiger partial charge in [-0.2, -0.15) is 0 Å². The lowest BCUT2D eigenvalue weighted by Gasteiger charge is -2.33. The van der Waals surface area contributed by atoms with Gasteiger partial charge in [-0.05, 0) is 85.9 Å². The predicted octanol–water partition coefficient (Wildman–Crippen LogP) is 8.39. The summed E-state index contributed by atoms with van der Waals surface area (Å²) in [5.74, 6) is 3.29. The summed E-state index contributed by atoms with van der Waals surface area (Å²) in [6.45, 7) is 3.37. The fraction of sp³-hybridized carbons (Fsp3) is 0.200. The first-order chi connectivity index (χ1) is 22.8. The summed E-state index contributed by atoms with van der Waals surface area (Å²) < 4.78 is 11.4. The fourth-order valence-electron chi connectivity index (χ4n) is 6.93. The number of nitrogens with one attached hydrogen (secondary N) is 1. The first-order valence-corrected chi connectivity index (χ1v) is 16.3. The van der Waals surface area contributed by atoms with Crippen molar-refractivity contribution in [1.82, 2.24) is 24.4 Å². The van der Waals surface area contributed by atoms with Crippen molar-refractivity contribution >= 4 is 22.1 Å². The summed E-state index contributed by atoms with van der Waals surface area (Å²) in [6.07, 6.45) is 2.21. The van der Waals surface area contributed by atoms with Crippen molar-refractivity contribution in [3.8, 4) is 28.5 Å². The van der Waals surface area contributed by atoms with Gasteiger partial charge in [0.2, 0.25) is 0 Å². The number of benzene rings is 5. The molecule has 1 aliphatic rings. The fourth-order valence-corrected chi connectivity index (χ4v) is 6.93. The molecular weight excluding hydrogens is 566 g/mol. The van der Waals surface area contributed by atoms with Crippen LogP contribution in [0.15, 0.2) is 133 Å². The Hall–Kier alpha value is -5.20. The molecule has 0 radical (unpaired) electrons. The van der Waals surface area contributed by atoms with E-state index in [1.54, 1.807) is 0 Å². The molecule has 7 aromatic rings. The third-order valence-corrected chi connectivity index (χ3v) is 9.26. The van der Waals surface area contributed by atoms with E-state index < -0.39 is 0 Å². The van der Waals surface area contributed by atoms with E-state index in [-0.39, 0.29) is 6.04 Å². The van der Waals surface area contributed by atoms with Gasteiger partial charge in [0.1, 0.15) is 24.0 Å². The molecule has 1 aliphatic heterocycles. The third kappa shape index (κ3) is 5.57. The molecule has 0 bridgehead atoms. The number of nitrogens with zero attached hydrogens (tertiary/aromatic N) is 4. The SMILES string of the molecule is c1ccc(Cn2c(-c3ccc(OC[C@@H](C4CCNCC4)n4c(-c5ccccc5)nc5ccccc54)cc3)nc3ccccc32)cc1. The number of rotatable bonds is 9. The van der Waals surface area contributed by atoms with Crippen LogP contribution in [0.4, 0.5) is 0 Å². The van der Waals surface area contributed by atoms with Crippen LogP contribution in [0.1, 0.15) is 24.4 Å². The highest BCUT2D eigenvalue weighted by Gasteiger charge is 2.30. The molecule has 0 amide bonds. The number of hydrogen-bond acceptors (Lipinski definition) is 4. The van der Waals surface area contributed by atoms with Crippen LogP contribution in [0.3, 0.4) is 0 Å². The van der Waals surface area contributed by atoms with Gasteiger partial charge >= 0.3 is 0 Å². The first-order valence-electron chi connectivity index (χ1n) is 16.3. The van der Waals surface area contributed by atoms with Crippen LogP contribution in [0.5, 0.6) is 5.75 Å². The van der Waals surface area contributed by atoms with E-state index in [0.29, 0.717) is 12.5 Å². The second-order valence-electron chi connectivity index (χ2n) is 12.1. The number of imidazole rings is 2. The molecule has 0 aliphatic carbocycles. The number of aromatic nitrogens is 4. The maximum atomic E-state index is 6.66. The molecule has 46 heavy (non-hydrogen) atoms. The highest BCUT2D eigenvalue weighted by Crippen LogP contribution is 2.36. The molecule has 3 heterocycles. The monoisotopic (exact) mass is 603 g/mol. The Morgan fingerprint density at radius 2 is 1.22 bits per heavy atom. The van der Waals surface area contributed by atoms with E-state index in [4.69, 9.17) is 14.7 Å². The Bertz CT molecular complexity index is 2060. The van der Waals surface area contributed by atoms with E-state index in [0.717, 1.165) is 83.1 Å². The molecule has 0 unspecified atom stereocenters. The minimum Gasteiger partial charge on any atom is -0.491 e. The standard InChI is InChI=1S/C40H37N5O/c1-3-11-29(12-4-1)27-44-36-17-9-7-15-34(36)42-39(44)32-19-21-33(22-20-32)46-28-38(30-23-25-41-26-24-30)45-37-18-10-8-16-35(37)43-40(45)31-13-5-2-6-14-31/h1-22,30,38,41H,23-28H2/t38-/m0/s1. The lowest BCUT2D eigenvalue weighted by molar-refractivity contribution is 0.175. The second-order valence-corrected chi connectivity index (χ2v) is 12.1. The lowest BCUT2D eigenvalue weighted by atomic mass is 9.90. The van der Waals surface area contributed by atoms with Crippen LogP contribution in [0.2, 0.25) is 0 Å². The van der Waals surface area contributed by atoms with Crippen LogP contribution < -0.4 is 10.1 Å². The Kier molecular flexibility index (Phi) is 7.78. The Morgan fingerprint density at radius 1 is 0.630 bits per heavy atom. The summed E-state index contributed by atoms with van der Waals surface area (Å²) >= 11 is 0. The second kappa shape index (κ2) is 12.7. The molecule has 0 spiro atoms. The number of fused-ring (bicyclic) bond motifs is 2. The first kappa shape index (κ1) is 28.3. The van der Waals surface area contributed by atoms with Gasteiger partial charge in [0.15, 0.2) is 0 Å². The highest BCUT2D eigenvalue weighted by atomic mass is 16.5. The van der Waals surface area contributed by atoms with Crippen molar-refractivity contribution in [2.75, 3.05) is 19.7 Å². The van der Waals surface area contributed by atoms with Gasteiger partial charge in [0.05, 0.1) is 28.1 Å². The van der Waals surface area contributed by atoms with Crippen LogP contribution >= 0.6 is 0 Å². The molecule has 228 valence electrons. The highest BCUT2D eigenvalue weighted by molar-refractivity contribution is 5.82. The van der Waals surface area contributed by atoms with E-state index in [9.17, 15) is 0 Å². The number of hydrogen-bond donors (Lipinski definition) is 1. The Morgan fingerprint density at radius 3 is 1.96 bits per heavy atom. The van der Waals surface area contributed by atoms with Crippen molar-refractivity contribution < 1.29 is 4.74 Å². The maximum Gasteiger partial charge on any atom is 0.141 e. The number of ether oxygens (including phenoxy) is 1. The number of piperidine rings is 1. The summed E-state index contributed by atoms with van der Waals surface area (Å²) in [7, 11) is 0. The minimum atomic E-state index is 0.138. The molecule has 6 heteroatoms. The summed E-state index contributed by atoms with van der Waals surface area (Å²) in [5.41, 5.74) is 7.75. The van der Waals surface area contributed by atoms with Gasteiger partial charge in [0, 0.05) is 17.7 Å². The molecule has 8 rings (SSSR count). The normalized spacial score (nSPS) is 14.5. The zero-order chi connectivity index (χ0) is 30.7. The minimum absolute atomic E-state index is 0.138. The average Bonchev–Trinajstić information content (AvgIpc) is 3.69. The van der Waals surface area contributed by atoms with Crippen LogP contribution in [-0.4, -0.2) is 38.8 Å². The van der Waals surface area contributed by atoms with Gasteiger partial charge < -0.3 is 19.2 Å². The van der Waals surface area contributed by atoms with Crippen molar-refractivity contribution in [1.29, 1.82) is 0 Å². The van der Waals surface area contributed by atoms with Crippen molar-refractivity contribution in [3.63, 3.8) is 0 Å². The number of para-hydroxylation sites is 4. The van der Waals surface area contributed by atoms with Crippen LogP contribution in [0, 0.1) is 5.92 Å². The predicted molar refractivity (Wildman–Crippen MR) is 186 cm³/mol. The molecular formula is C40H37N5O. The van der Waals surface area contributed by atoms with E-state index >= 15 is 0 Å². The molecule has 1 atom stereocenters. The van der Waals surface area contributed by atoms with E-state index in [1.807, 2.05) is 6.07 Å². The van der Waals surface area contributed by atoms with Crippen molar-refractivity contribution in [2.24, 2.45) is 5.92 Å². The van der Waals surface area contributed by atoms with Gasteiger partial charge in [-0.3, -0.25) is 0 Å². The van der Waals surface area contributed by atoms with Gasteiger partial charge in [-0.25, -0.2) is 9.97 Å². The van der Waals surface area contributed by atoms with E-state index in [1.165, 1.54) is 5.56 Å². The summed E-state index contributed by atoms with van der Waals surface area (Å²) in [6, 6.07) is 46.6. The lowest BCUT2D eigenvalue weighted by Crippen LogP contribution is -2.35. The summed E-state index contributed by atoms with van der Waals surface area (Å²) in [4.78, 5) is 10.2. The molecule has 6 nitrogen and oxygen atoms in total. The molecule has 1 N–H and O–H groups in total. The van der Waals surface area contributed by atoms with Crippen LogP contribution in [0.25, 0.3) is 44.8 Å². The summed E-state index contributed by atoms with van der Waals surface area (Å²) in [5, 5.41) is 3.55. The van der Waals surface area contributed by atoms with Crippen molar-refractivity contribution in [3.05, 3.63) is 139 Å². The van der Waals surface area contributed by atoms with E-state index in [2.05, 4.69) is 142 Å². The molecule has 1 fully saturated rings. The topological polar surface area (TPSA) is 56.9 Å². The average molecular weight is 604 g/mol. The van der Waals surface area contributed by atoms with Gasteiger partial charge in [0.25, 0.3) is 0 Å². The van der Waals surface area contributed by atoms with Crippen LogP contribution in [-0.2, 0) is 6.54 Å². The Balaban J connectivity index is 1.11. The molecule has 1 saturated heterocycles. The maximum absolute atomic E-state index is 6.66. The third-order valence-electron chi connectivity index (χ3n) is 9.26. The molecule has 2 aromatic heterocycles. The zero-order valence-electron chi connectivity index (χ0n) is 25.8. The smallest absolute Gasteiger partial charge is 0.141 e. The van der Waals surface area contributed by atoms with Crippen molar-refractivity contribution in [2.45, 2.75) is 25.4 Å².